The van der Waals surface area contributed by atoms with Crippen molar-refractivity contribution in [2.45, 2.75) is 25.0 Å². The summed E-state index contributed by atoms with van der Waals surface area (Å²) in [6.45, 7) is 1.06. The van der Waals surface area contributed by atoms with E-state index >= 15 is 0 Å². The second kappa shape index (κ2) is 10.3. The topological polar surface area (TPSA) is 67.9 Å². The molecular weight excluding hydrogens is 416 g/mol. The molecule has 0 unspecified atom stereocenters. The first-order chi connectivity index (χ1) is 16.1. The van der Waals surface area contributed by atoms with Gasteiger partial charge < -0.3 is 14.8 Å². The van der Waals surface area contributed by atoms with Crippen LogP contribution in [0.1, 0.15) is 22.3 Å². The molecule has 1 aliphatic rings. The Morgan fingerprint density at radius 2 is 1.64 bits per heavy atom. The van der Waals surface area contributed by atoms with Crippen molar-refractivity contribution in [3.63, 3.8) is 0 Å². The van der Waals surface area contributed by atoms with Crippen molar-refractivity contribution in [1.29, 1.82) is 0 Å². The quantitative estimate of drug-likeness (QED) is 0.560. The van der Waals surface area contributed by atoms with E-state index in [4.69, 9.17) is 9.47 Å². The molecule has 4 rings (SSSR count). The van der Waals surface area contributed by atoms with E-state index in [0.717, 1.165) is 22.4 Å². The lowest BCUT2D eigenvalue weighted by molar-refractivity contribution is -0.146. The standard InChI is InChI=1S/C27H28N2O4/c1-32-25-15-9-6-12-20(25)17-29-18-21(16-24(29)27(31)33-2)28-26(30)23-14-8-7-13-22(23)19-10-4-3-5-11-19/h3-15,21,24H,16-18H2,1-2H3,(H,28,30)/t21-,24-/m0/s1. The van der Waals surface area contributed by atoms with Crippen molar-refractivity contribution in [2.75, 3.05) is 20.8 Å². The van der Waals surface area contributed by atoms with E-state index in [9.17, 15) is 9.59 Å². The molecule has 0 aromatic heterocycles. The third-order valence-electron chi connectivity index (χ3n) is 6.03. The first kappa shape index (κ1) is 22.6. The highest BCUT2D eigenvalue weighted by Crippen LogP contribution is 2.27. The van der Waals surface area contributed by atoms with Crippen molar-refractivity contribution >= 4 is 11.9 Å². The monoisotopic (exact) mass is 444 g/mol. The average molecular weight is 445 g/mol. The fraction of sp³-hybridized carbons (Fsp3) is 0.259. The summed E-state index contributed by atoms with van der Waals surface area (Å²) in [6, 6.07) is 24.5. The molecule has 0 bridgehead atoms. The molecule has 6 heteroatoms. The number of likely N-dealkylation sites (tertiary alicyclic amines) is 1. The molecule has 1 saturated heterocycles. The summed E-state index contributed by atoms with van der Waals surface area (Å²) < 4.78 is 10.5. The third kappa shape index (κ3) is 5.07. The van der Waals surface area contributed by atoms with E-state index in [1.165, 1.54) is 7.11 Å². The summed E-state index contributed by atoms with van der Waals surface area (Å²) >= 11 is 0. The van der Waals surface area contributed by atoms with E-state index < -0.39 is 6.04 Å². The Hall–Kier alpha value is -3.64. The smallest absolute Gasteiger partial charge is 0.323 e. The molecule has 33 heavy (non-hydrogen) atoms. The van der Waals surface area contributed by atoms with Gasteiger partial charge in [-0.15, -0.1) is 0 Å². The molecule has 1 fully saturated rings. The largest absolute Gasteiger partial charge is 0.496 e. The van der Waals surface area contributed by atoms with Crippen molar-refractivity contribution in [3.05, 3.63) is 90.0 Å². The fourth-order valence-electron chi connectivity index (χ4n) is 4.43. The van der Waals surface area contributed by atoms with Gasteiger partial charge in [0.05, 0.1) is 14.2 Å². The number of benzene rings is 3. The van der Waals surface area contributed by atoms with Gasteiger partial charge in [0.25, 0.3) is 5.91 Å². The van der Waals surface area contributed by atoms with Gasteiger partial charge in [-0.25, -0.2) is 0 Å². The van der Waals surface area contributed by atoms with Gasteiger partial charge >= 0.3 is 5.97 Å². The minimum absolute atomic E-state index is 0.151. The van der Waals surface area contributed by atoms with Gasteiger partial charge in [0.15, 0.2) is 0 Å². The molecule has 2 atom stereocenters. The van der Waals surface area contributed by atoms with Crippen LogP contribution in [0, 0.1) is 0 Å². The summed E-state index contributed by atoms with van der Waals surface area (Å²) in [4.78, 5) is 27.8. The summed E-state index contributed by atoms with van der Waals surface area (Å²) in [6.07, 6.45) is 0.487. The van der Waals surface area contributed by atoms with Crippen LogP contribution in [0.4, 0.5) is 0 Å². The molecule has 0 aliphatic carbocycles. The number of ether oxygens (including phenoxy) is 2. The summed E-state index contributed by atoms with van der Waals surface area (Å²) in [7, 11) is 3.03. The maximum atomic E-state index is 13.2. The number of para-hydroxylation sites is 1. The van der Waals surface area contributed by atoms with Crippen molar-refractivity contribution in [3.8, 4) is 16.9 Å². The number of carbonyl (C=O) groups is 2. The first-order valence-corrected chi connectivity index (χ1v) is 11.0. The summed E-state index contributed by atoms with van der Waals surface area (Å²) in [5, 5.41) is 3.14. The van der Waals surface area contributed by atoms with Gasteiger partial charge in [-0.2, -0.15) is 0 Å². The van der Waals surface area contributed by atoms with E-state index in [1.807, 2.05) is 83.8 Å². The van der Waals surface area contributed by atoms with Crippen molar-refractivity contribution in [2.24, 2.45) is 0 Å². The van der Waals surface area contributed by atoms with Gasteiger partial charge in [-0.3, -0.25) is 14.5 Å². The highest BCUT2D eigenvalue weighted by molar-refractivity contribution is 6.01. The van der Waals surface area contributed by atoms with Gasteiger partial charge in [-0.05, 0) is 29.7 Å². The number of methoxy groups -OCH3 is 2. The van der Waals surface area contributed by atoms with Crippen LogP contribution in [-0.4, -0.2) is 49.6 Å². The lowest BCUT2D eigenvalue weighted by Gasteiger charge is -2.23. The van der Waals surface area contributed by atoms with Crippen LogP contribution >= 0.6 is 0 Å². The van der Waals surface area contributed by atoms with Crippen LogP contribution in [0.15, 0.2) is 78.9 Å². The molecule has 0 radical (unpaired) electrons. The zero-order valence-corrected chi connectivity index (χ0v) is 18.9. The summed E-state index contributed by atoms with van der Waals surface area (Å²) in [5.41, 5.74) is 3.46. The molecule has 1 amide bonds. The second-order valence-corrected chi connectivity index (χ2v) is 8.10. The van der Waals surface area contributed by atoms with Crippen LogP contribution in [0.25, 0.3) is 11.1 Å². The minimum atomic E-state index is -0.436. The molecule has 1 N–H and O–H groups in total. The van der Waals surface area contributed by atoms with Gasteiger partial charge in [-0.1, -0.05) is 66.7 Å². The lowest BCUT2D eigenvalue weighted by atomic mass is 9.99. The van der Waals surface area contributed by atoms with Crippen LogP contribution in [0.5, 0.6) is 5.75 Å². The van der Waals surface area contributed by atoms with E-state index in [0.29, 0.717) is 25.1 Å². The highest BCUT2D eigenvalue weighted by atomic mass is 16.5. The number of carbonyl (C=O) groups excluding carboxylic acids is 2. The molecule has 3 aromatic carbocycles. The van der Waals surface area contributed by atoms with Crippen LogP contribution in [0.2, 0.25) is 0 Å². The Kier molecular flexibility index (Phi) is 7.05. The molecule has 1 aliphatic heterocycles. The summed E-state index contributed by atoms with van der Waals surface area (Å²) in [5.74, 6) is 0.318. The molecule has 1 heterocycles. The number of nitrogens with zero attached hydrogens (tertiary/aromatic N) is 1. The van der Waals surface area contributed by atoms with Gasteiger partial charge in [0, 0.05) is 30.3 Å². The Morgan fingerprint density at radius 3 is 2.39 bits per heavy atom. The van der Waals surface area contributed by atoms with Gasteiger partial charge in [0.1, 0.15) is 11.8 Å². The number of rotatable bonds is 7. The van der Waals surface area contributed by atoms with Crippen molar-refractivity contribution < 1.29 is 19.1 Å². The number of nitrogens with one attached hydrogen (secondary N) is 1. The number of esters is 1. The Labute approximate surface area is 194 Å². The molecular formula is C27H28N2O4. The number of hydrogen-bond acceptors (Lipinski definition) is 5. The molecule has 0 spiro atoms. The molecule has 170 valence electrons. The minimum Gasteiger partial charge on any atom is -0.496 e. The fourth-order valence-corrected chi connectivity index (χ4v) is 4.43. The molecule has 3 aromatic rings. The Bertz CT molecular complexity index is 1120. The maximum absolute atomic E-state index is 13.2. The number of amides is 1. The molecule has 6 nitrogen and oxygen atoms in total. The number of hydrogen-bond donors (Lipinski definition) is 1. The lowest BCUT2D eigenvalue weighted by Crippen LogP contribution is -2.38. The van der Waals surface area contributed by atoms with E-state index in [2.05, 4.69) is 5.32 Å². The Morgan fingerprint density at radius 1 is 0.939 bits per heavy atom. The maximum Gasteiger partial charge on any atom is 0.323 e. The third-order valence-corrected chi connectivity index (χ3v) is 6.03. The highest BCUT2D eigenvalue weighted by Gasteiger charge is 2.38. The zero-order chi connectivity index (χ0) is 23.2. The van der Waals surface area contributed by atoms with Crippen molar-refractivity contribution in [1.82, 2.24) is 10.2 Å². The van der Waals surface area contributed by atoms with E-state index in [-0.39, 0.29) is 17.9 Å². The van der Waals surface area contributed by atoms with Crippen LogP contribution in [0.3, 0.4) is 0 Å². The van der Waals surface area contributed by atoms with Crippen LogP contribution < -0.4 is 10.1 Å². The zero-order valence-electron chi connectivity index (χ0n) is 18.9. The molecule has 0 saturated carbocycles. The van der Waals surface area contributed by atoms with Gasteiger partial charge in [0.2, 0.25) is 0 Å². The Balaban J connectivity index is 1.52. The second-order valence-electron chi connectivity index (χ2n) is 8.10. The first-order valence-electron chi connectivity index (χ1n) is 11.0. The van der Waals surface area contributed by atoms with Crippen LogP contribution in [-0.2, 0) is 16.1 Å². The van der Waals surface area contributed by atoms with E-state index in [1.54, 1.807) is 7.11 Å². The SMILES string of the molecule is COC(=O)[C@@H]1C[C@H](NC(=O)c2ccccc2-c2ccccc2)CN1Cc1ccccc1OC. The average Bonchev–Trinajstić information content (AvgIpc) is 3.26. The predicted molar refractivity (Wildman–Crippen MR) is 127 cm³/mol. The normalized spacial score (nSPS) is 18.0. The predicted octanol–water partition coefficient (Wildman–Crippen LogP) is 3.91.